The maximum atomic E-state index is 12.7. The lowest BCUT2D eigenvalue weighted by atomic mass is 10.3. The smallest absolute Gasteiger partial charge is 0.272 e. The van der Waals surface area contributed by atoms with Crippen LogP contribution in [0.25, 0.3) is 0 Å². The Morgan fingerprint density at radius 2 is 2.04 bits per heavy atom. The standard InChI is InChI=1S/C14H16N4O5S2/c15-12(19)9-8-11(25(21,22)18-4-6-23-7-5-18)24-14(9)17-13(20)10-2-1-3-16-10/h1-3,8,16H,4-7H2,(H2,15,19)(H,17,20). The van der Waals surface area contributed by atoms with Crippen LogP contribution in [-0.2, 0) is 14.8 Å². The Bertz CT molecular complexity index is 882. The van der Waals surface area contributed by atoms with E-state index in [0.29, 0.717) is 13.2 Å². The van der Waals surface area contributed by atoms with Gasteiger partial charge in [-0.3, -0.25) is 9.59 Å². The summed E-state index contributed by atoms with van der Waals surface area (Å²) >= 11 is 0.797. The number of amides is 2. The number of rotatable bonds is 5. The monoisotopic (exact) mass is 384 g/mol. The number of nitrogens with zero attached hydrogens (tertiary/aromatic N) is 1. The number of H-pyrrole nitrogens is 1. The second-order valence-electron chi connectivity index (χ2n) is 5.23. The van der Waals surface area contributed by atoms with Crippen LogP contribution in [-0.4, -0.2) is 55.8 Å². The lowest BCUT2D eigenvalue weighted by Crippen LogP contribution is -2.40. The van der Waals surface area contributed by atoms with Gasteiger partial charge in [0.1, 0.15) is 14.9 Å². The van der Waals surface area contributed by atoms with Gasteiger partial charge >= 0.3 is 0 Å². The molecule has 0 saturated carbocycles. The number of nitrogens with two attached hydrogens (primary N) is 1. The highest BCUT2D eigenvalue weighted by atomic mass is 32.2. The lowest BCUT2D eigenvalue weighted by Gasteiger charge is -2.25. The van der Waals surface area contributed by atoms with Crippen molar-refractivity contribution in [1.82, 2.24) is 9.29 Å². The summed E-state index contributed by atoms with van der Waals surface area (Å²) in [6.07, 6.45) is 1.58. The summed E-state index contributed by atoms with van der Waals surface area (Å²) in [6.45, 7) is 1.08. The van der Waals surface area contributed by atoms with Crippen LogP contribution in [0.2, 0.25) is 0 Å². The van der Waals surface area contributed by atoms with Gasteiger partial charge in [0.05, 0.1) is 18.8 Å². The number of anilines is 1. The van der Waals surface area contributed by atoms with E-state index in [9.17, 15) is 18.0 Å². The van der Waals surface area contributed by atoms with E-state index in [4.69, 9.17) is 10.5 Å². The van der Waals surface area contributed by atoms with Crippen molar-refractivity contribution >= 4 is 38.2 Å². The van der Waals surface area contributed by atoms with Gasteiger partial charge in [-0.15, -0.1) is 11.3 Å². The summed E-state index contributed by atoms with van der Waals surface area (Å²) in [5.41, 5.74) is 5.56. The quantitative estimate of drug-likeness (QED) is 0.688. The molecule has 3 rings (SSSR count). The van der Waals surface area contributed by atoms with E-state index in [1.165, 1.54) is 10.4 Å². The largest absolute Gasteiger partial charge is 0.379 e. The summed E-state index contributed by atoms with van der Waals surface area (Å²) < 4.78 is 31.8. The number of hydrogen-bond acceptors (Lipinski definition) is 6. The van der Waals surface area contributed by atoms with Crippen LogP contribution in [0.1, 0.15) is 20.8 Å². The first-order chi connectivity index (χ1) is 11.9. The summed E-state index contributed by atoms with van der Waals surface area (Å²) in [6, 6.07) is 4.40. The molecule has 11 heteroatoms. The third-order valence-electron chi connectivity index (χ3n) is 3.61. The SMILES string of the molecule is NC(=O)c1cc(S(=O)(=O)N2CCOCC2)sc1NC(=O)c1ccc[nH]1. The normalized spacial score (nSPS) is 15.8. The number of hydrogen-bond donors (Lipinski definition) is 3. The molecule has 2 amide bonds. The second-order valence-corrected chi connectivity index (χ2v) is 8.44. The highest BCUT2D eigenvalue weighted by Gasteiger charge is 2.30. The van der Waals surface area contributed by atoms with E-state index in [1.807, 2.05) is 0 Å². The van der Waals surface area contributed by atoms with Gasteiger partial charge in [-0.25, -0.2) is 8.42 Å². The van der Waals surface area contributed by atoms with Gasteiger partial charge in [-0.1, -0.05) is 0 Å². The first-order valence-corrected chi connectivity index (χ1v) is 9.61. The number of sulfonamides is 1. The van der Waals surface area contributed by atoms with Gasteiger partial charge < -0.3 is 20.8 Å². The highest BCUT2D eigenvalue weighted by Crippen LogP contribution is 2.33. The maximum Gasteiger partial charge on any atom is 0.272 e. The van der Waals surface area contributed by atoms with E-state index < -0.39 is 21.8 Å². The highest BCUT2D eigenvalue weighted by molar-refractivity contribution is 7.91. The van der Waals surface area contributed by atoms with Crippen molar-refractivity contribution in [1.29, 1.82) is 0 Å². The zero-order valence-corrected chi connectivity index (χ0v) is 14.7. The number of carbonyl (C=O) groups excluding carboxylic acids is 2. The second kappa shape index (κ2) is 6.96. The average molecular weight is 384 g/mol. The van der Waals surface area contributed by atoms with Crippen molar-refractivity contribution in [2.45, 2.75) is 4.21 Å². The Morgan fingerprint density at radius 1 is 1.32 bits per heavy atom. The predicted molar refractivity (Wildman–Crippen MR) is 91.2 cm³/mol. The van der Waals surface area contributed by atoms with Crippen LogP contribution in [0.5, 0.6) is 0 Å². The van der Waals surface area contributed by atoms with Crippen LogP contribution < -0.4 is 11.1 Å². The number of aromatic amines is 1. The van der Waals surface area contributed by atoms with Gasteiger partial charge in [0.25, 0.3) is 21.8 Å². The molecule has 9 nitrogen and oxygen atoms in total. The summed E-state index contributed by atoms with van der Waals surface area (Å²) in [5, 5.41) is 2.63. The van der Waals surface area contributed by atoms with Gasteiger partial charge in [0.2, 0.25) is 0 Å². The first-order valence-electron chi connectivity index (χ1n) is 7.36. The molecule has 1 aliphatic rings. The van der Waals surface area contributed by atoms with Crippen molar-refractivity contribution < 1.29 is 22.7 Å². The van der Waals surface area contributed by atoms with Crippen molar-refractivity contribution in [2.24, 2.45) is 5.73 Å². The fourth-order valence-electron chi connectivity index (χ4n) is 2.33. The van der Waals surface area contributed by atoms with E-state index in [0.717, 1.165) is 11.3 Å². The molecule has 1 saturated heterocycles. The number of morpholine rings is 1. The zero-order chi connectivity index (χ0) is 18.0. The maximum absolute atomic E-state index is 12.7. The minimum absolute atomic E-state index is 0.0447. The predicted octanol–water partition coefficient (Wildman–Crippen LogP) is 0.448. The van der Waals surface area contributed by atoms with Crippen LogP contribution in [0, 0.1) is 0 Å². The Labute approximate surface area is 147 Å². The number of carbonyl (C=O) groups is 2. The van der Waals surface area contributed by atoms with Crippen LogP contribution in [0.3, 0.4) is 0 Å². The van der Waals surface area contributed by atoms with Crippen LogP contribution >= 0.6 is 11.3 Å². The van der Waals surface area contributed by atoms with Gasteiger partial charge in [0, 0.05) is 19.3 Å². The lowest BCUT2D eigenvalue weighted by molar-refractivity contribution is 0.0731. The summed E-state index contributed by atoms with van der Waals surface area (Å²) in [5.74, 6) is -1.31. The summed E-state index contributed by atoms with van der Waals surface area (Å²) in [7, 11) is -3.78. The Kier molecular flexibility index (Phi) is 4.90. The fourth-order valence-corrected chi connectivity index (χ4v) is 5.26. The summed E-state index contributed by atoms with van der Waals surface area (Å²) in [4.78, 5) is 26.5. The van der Waals surface area contributed by atoms with E-state index in [1.54, 1.807) is 18.3 Å². The first kappa shape index (κ1) is 17.6. The van der Waals surface area contributed by atoms with Gasteiger partial charge in [-0.05, 0) is 18.2 Å². The minimum atomic E-state index is -3.78. The van der Waals surface area contributed by atoms with E-state index >= 15 is 0 Å². The molecular weight excluding hydrogens is 368 g/mol. The molecule has 0 spiro atoms. The minimum Gasteiger partial charge on any atom is -0.379 e. The molecule has 134 valence electrons. The molecule has 2 aromatic heterocycles. The van der Waals surface area contributed by atoms with E-state index in [-0.39, 0.29) is 33.6 Å². The molecule has 0 unspecified atom stereocenters. The number of primary amides is 1. The van der Waals surface area contributed by atoms with Gasteiger partial charge in [0.15, 0.2) is 0 Å². The van der Waals surface area contributed by atoms with Crippen LogP contribution in [0.4, 0.5) is 5.00 Å². The van der Waals surface area contributed by atoms with Crippen molar-refractivity contribution in [2.75, 3.05) is 31.6 Å². The van der Waals surface area contributed by atoms with E-state index in [2.05, 4.69) is 10.3 Å². The number of ether oxygens (including phenoxy) is 1. The number of thiophene rings is 1. The average Bonchev–Trinajstić information content (AvgIpc) is 3.25. The van der Waals surface area contributed by atoms with Crippen LogP contribution in [0.15, 0.2) is 28.6 Å². The zero-order valence-electron chi connectivity index (χ0n) is 13.0. The third-order valence-corrected chi connectivity index (χ3v) is 7.01. The molecule has 25 heavy (non-hydrogen) atoms. The Hall–Kier alpha value is -2.21. The molecule has 0 radical (unpaired) electrons. The number of aromatic nitrogens is 1. The molecule has 0 bridgehead atoms. The topological polar surface area (TPSA) is 135 Å². The molecule has 4 N–H and O–H groups in total. The Balaban J connectivity index is 1.91. The molecule has 3 heterocycles. The van der Waals surface area contributed by atoms with Crippen molar-refractivity contribution in [3.8, 4) is 0 Å². The molecule has 1 aliphatic heterocycles. The third kappa shape index (κ3) is 3.58. The van der Waals surface area contributed by atoms with Crippen molar-refractivity contribution in [3.05, 3.63) is 35.7 Å². The molecule has 0 aliphatic carbocycles. The molecule has 2 aromatic rings. The molecule has 0 aromatic carbocycles. The Morgan fingerprint density at radius 3 is 2.64 bits per heavy atom. The molecule has 1 fully saturated rings. The fraction of sp³-hybridized carbons (Fsp3) is 0.286. The number of nitrogens with one attached hydrogen (secondary N) is 2. The molecule has 0 atom stereocenters. The molecular formula is C14H16N4O5S2. The van der Waals surface area contributed by atoms with Crippen molar-refractivity contribution in [3.63, 3.8) is 0 Å². The van der Waals surface area contributed by atoms with Gasteiger partial charge in [-0.2, -0.15) is 4.31 Å².